The summed E-state index contributed by atoms with van der Waals surface area (Å²) >= 11 is 0. The Morgan fingerprint density at radius 3 is 2.21 bits per heavy atom. The van der Waals surface area contributed by atoms with Gasteiger partial charge in [-0.3, -0.25) is 4.79 Å². The van der Waals surface area contributed by atoms with Gasteiger partial charge in [0, 0.05) is 18.2 Å². The number of aryl methyl sites for hydroxylation is 1. The van der Waals surface area contributed by atoms with Crippen LogP contribution in [0, 0.1) is 0 Å². The van der Waals surface area contributed by atoms with Crippen LogP contribution in [0.1, 0.15) is 65.0 Å². The summed E-state index contributed by atoms with van der Waals surface area (Å²) < 4.78 is 0. The normalized spacial score (nSPS) is 14.3. The topological polar surface area (TPSA) is 20.3 Å². The number of rotatable bonds is 2. The Morgan fingerprint density at radius 1 is 1.05 bits per heavy atom. The quantitative estimate of drug-likeness (QED) is 0.766. The lowest BCUT2D eigenvalue weighted by Crippen LogP contribution is -2.40. The van der Waals surface area contributed by atoms with E-state index < -0.39 is 0 Å². The summed E-state index contributed by atoms with van der Waals surface area (Å²) in [4.78, 5) is 14.0. The summed E-state index contributed by atoms with van der Waals surface area (Å²) in [6, 6.07) is 6.81. The van der Waals surface area contributed by atoms with E-state index in [0.717, 1.165) is 12.1 Å². The number of fused-ring (bicyclic) bond motifs is 1. The van der Waals surface area contributed by atoms with Gasteiger partial charge in [-0.25, -0.2) is 0 Å². The minimum absolute atomic E-state index is 0.240. The van der Waals surface area contributed by atoms with Crippen LogP contribution in [-0.2, 0) is 11.2 Å². The van der Waals surface area contributed by atoms with Crippen molar-refractivity contribution in [3.8, 4) is 0 Å². The minimum atomic E-state index is 0.240. The van der Waals surface area contributed by atoms with E-state index in [2.05, 4.69) is 45.9 Å². The molecule has 0 radical (unpaired) electrons. The van der Waals surface area contributed by atoms with Gasteiger partial charge in [-0.1, -0.05) is 39.8 Å². The molecule has 0 fully saturated rings. The molecule has 2 heteroatoms. The molecule has 1 aromatic rings. The van der Waals surface area contributed by atoms with Gasteiger partial charge >= 0.3 is 0 Å². The second-order valence-corrected chi connectivity index (χ2v) is 5.40. The summed E-state index contributed by atoms with van der Waals surface area (Å²) in [7, 11) is 0. The summed E-state index contributed by atoms with van der Waals surface area (Å²) in [5, 5.41) is 0. The molecule has 0 aromatic heterocycles. The third-order valence-electron chi connectivity index (χ3n) is 3.43. The standard InChI is InChI=1S/C15H21NO.C2H6/c1-10(2)13-6-5-12-7-8-15(17)16(11(3)4)14(12)9-13;1-2/h5-6,9-11H,7-8H2,1-4H3;1-2H3. The van der Waals surface area contributed by atoms with E-state index in [0.29, 0.717) is 12.3 Å². The van der Waals surface area contributed by atoms with Gasteiger partial charge in [0.05, 0.1) is 0 Å². The highest BCUT2D eigenvalue weighted by atomic mass is 16.2. The molecular formula is C17H27NO. The monoisotopic (exact) mass is 261 g/mol. The van der Waals surface area contributed by atoms with Crippen molar-refractivity contribution in [3.05, 3.63) is 29.3 Å². The second-order valence-electron chi connectivity index (χ2n) is 5.40. The van der Waals surface area contributed by atoms with Gasteiger partial charge in [-0.2, -0.15) is 0 Å². The van der Waals surface area contributed by atoms with E-state index in [1.54, 1.807) is 0 Å². The number of benzene rings is 1. The molecular weight excluding hydrogens is 234 g/mol. The number of carbonyl (C=O) groups excluding carboxylic acids is 1. The van der Waals surface area contributed by atoms with E-state index in [4.69, 9.17) is 0 Å². The number of anilines is 1. The number of hydrogen-bond donors (Lipinski definition) is 0. The maximum absolute atomic E-state index is 12.0. The highest BCUT2D eigenvalue weighted by Gasteiger charge is 2.26. The van der Waals surface area contributed by atoms with Crippen molar-refractivity contribution >= 4 is 11.6 Å². The molecule has 1 heterocycles. The summed E-state index contributed by atoms with van der Waals surface area (Å²) in [6.45, 7) is 12.5. The average Bonchev–Trinajstić information content (AvgIpc) is 2.39. The molecule has 0 saturated heterocycles. The Hall–Kier alpha value is -1.31. The minimum Gasteiger partial charge on any atom is -0.310 e. The van der Waals surface area contributed by atoms with Gasteiger partial charge in [0.25, 0.3) is 0 Å². The van der Waals surface area contributed by atoms with Crippen LogP contribution in [0.5, 0.6) is 0 Å². The first-order chi connectivity index (χ1) is 9.00. The number of carbonyl (C=O) groups is 1. The van der Waals surface area contributed by atoms with Crippen LogP contribution in [0.15, 0.2) is 18.2 Å². The van der Waals surface area contributed by atoms with Crippen LogP contribution in [0.3, 0.4) is 0 Å². The third-order valence-corrected chi connectivity index (χ3v) is 3.43. The molecule has 0 atom stereocenters. The molecule has 106 valence electrons. The van der Waals surface area contributed by atoms with Crippen molar-refractivity contribution in [1.29, 1.82) is 0 Å². The first-order valence-electron chi connectivity index (χ1n) is 7.45. The Kier molecular flexibility index (Phi) is 5.59. The number of nitrogens with zero attached hydrogens (tertiary/aromatic N) is 1. The fourth-order valence-electron chi connectivity index (χ4n) is 2.44. The fraction of sp³-hybridized carbons (Fsp3) is 0.588. The summed E-state index contributed by atoms with van der Waals surface area (Å²) in [5.74, 6) is 0.764. The lowest BCUT2D eigenvalue weighted by atomic mass is 9.94. The first-order valence-corrected chi connectivity index (χ1v) is 7.45. The first kappa shape index (κ1) is 15.7. The van der Waals surface area contributed by atoms with E-state index >= 15 is 0 Å². The zero-order valence-corrected chi connectivity index (χ0v) is 13.2. The zero-order valence-electron chi connectivity index (χ0n) is 13.2. The van der Waals surface area contributed by atoms with Crippen LogP contribution >= 0.6 is 0 Å². The van der Waals surface area contributed by atoms with Gasteiger partial charge in [0.2, 0.25) is 5.91 Å². The molecule has 1 aliphatic heterocycles. The maximum Gasteiger partial charge on any atom is 0.227 e. The molecule has 19 heavy (non-hydrogen) atoms. The van der Waals surface area contributed by atoms with Gasteiger partial charge in [0.1, 0.15) is 0 Å². The molecule has 0 N–H and O–H groups in total. The van der Waals surface area contributed by atoms with Crippen molar-refractivity contribution in [2.24, 2.45) is 0 Å². The molecule has 1 amide bonds. The Balaban J connectivity index is 0.000000861. The predicted molar refractivity (Wildman–Crippen MR) is 82.8 cm³/mol. The van der Waals surface area contributed by atoms with Crippen LogP contribution < -0.4 is 4.90 Å². The van der Waals surface area contributed by atoms with Gasteiger partial charge in [-0.05, 0) is 43.4 Å². The Labute approximate surface area is 117 Å². The molecule has 1 aromatic carbocycles. The summed E-state index contributed by atoms with van der Waals surface area (Å²) in [6.07, 6.45) is 1.53. The van der Waals surface area contributed by atoms with Crippen molar-refractivity contribution in [1.82, 2.24) is 0 Å². The van der Waals surface area contributed by atoms with Crippen molar-refractivity contribution in [2.75, 3.05) is 4.90 Å². The lowest BCUT2D eigenvalue weighted by molar-refractivity contribution is -0.119. The number of hydrogen-bond acceptors (Lipinski definition) is 1. The van der Waals surface area contributed by atoms with Crippen LogP contribution in [-0.4, -0.2) is 11.9 Å². The van der Waals surface area contributed by atoms with E-state index in [1.807, 2.05) is 18.7 Å². The van der Waals surface area contributed by atoms with Crippen LogP contribution in [0.2, 0.25) is 0 Å². The molecule has 0 saturated carbocycles. The SMILES string of the molecule is CC.CC(C)c1ccc2c(c1)N(C(C)C)C(=O)CC2. The van der Waals surface area contributed by atoms with Crippen LogP contribution in [0.25, 0.3) is 0 Å². The van der Waals surface area contributed by atoms with Gasteiger partial charge < -0.3 is 4.90 Å². The van der Waals surface area contributed by atoms with E-state index in [-0.39, 0.29) is 11.9 Å². The van der Waals surface area contributed by atoms with Crippen molar-refractivity contribution in [2.45, 2.75) is 66.3 Å². The Bertz CT molecular complexity index is 435. The smallest absolute Gasteiger partial charge is 0.227 e. The molecule has 0 unspecified atom stereocenters. The molecule has 0 aliphatic carbocycles. The third kappa shape index (κ3) is 3.37. The number of amides is 1. The molecule has 1 aliphatic rings. The summed E-state index contributed by atoms with van der Waals surface area (Å²) in [5.41, 5.74) is 3.74. The predicted octanol–water partition coefficient (Wildman–Crippen LogP) is 4.52. The molecule has 0 bridgehead atoms. The molecule has 0 spiro atoms. The van der Waals surface area contributed by atoms with Crippen molar-refractivity contribution < 1.29 is 4.79 Å². The molecule has 2 nitrogen and oxygen atoms in total. The zero-order chi connectivity index (χ0) is 14.6. The van der Waals surface area contributed by atoms with E-state index in [9.17, 15) is 4.79 Å². The van der Waals surface area contributed by atoms with Crippen molar-refractivity contribution in [3.63, 3.8) is 0 Å². The average molecular weight is 261 g/mol. The highest BCUT2D eigenvalue weighted by molar-refractivity contribution is 5.97. The highest BCUT2D eigenvalue weighted by Crippen LogP contribution is 2.32. The fourth-order valence-corrected chi connectivity index (χ4v) is 2.44. The largest absolute Gasteiger partial charge is 0.310 e. The molecule has 2 rings (SSSR count). The Morgan fingerprint density at radius 2 is 1.68 bits per heavy atom. The lowest BCUT2D eigenvalue weighted by Gasteiger charge is -2.33. The van der Waals surface area contributed by atoms with Gasteiger partial charge in [0.15, 0.2) is 0 Å². The maximum atomic E-state index is 12.0. The van der Waals surface area contributed by atoms with Gasteiger partial charge in [-0.15, -0.1) is 0 Å². The second kappa shape index (κ2) is 6.74. The van der Waals surface area contributed by atoms with E-state index in [1.165, 1.54) is 11.1 Å². The van der Waals surface area contributed by atoms with Crippen LogP contribution in [0.4, 0.5) is 5.69 Å².